The summed E-state index contributed by atoms with van der Waals surface area (Å²) in [6.07, 6.45) is 8.26. The molecular formula is C15H28N2O. The van der Waals surface area contributed by atoms with Crippen molar-refractivity contribution in [3.05, 3.63) is 0 Å². The van der Waals surface area contributed by atoms with Crippen LogP contribution in [0.2, 0.25) is 0 Å². The van der Waals surface area contributed by atoms with E-state index in [1.165, 1.54) is 64.7 Å². The van der Waals surface area contributed by atoms with Crippen LogP contribution in [0.3, 0.4) is 0 Å². The molecule has 3 fully saturated rings. The third-order valence-electron chi connectivity index (χ3n) is 5.12. The van der Waals surface area contributed by atoms with E-state index in [9.17, 15) is 0 Å². The number of ether oxygens (including phenoxy) is 1. The second-order valence-corrected chi connectivity index (χ2v) is 6.37. The predicted octanol–water partition coefficient (Wildman–Crippen LogP) is 1.88. The summed E-state index contributed by atoms with van der Waals surface area (Å²) in [4.78, 5) is 2.81. The van der Waals surface area contributed by atoms with Crippen molar-refractivity contribution < 1.29 is 4.74 Å². The van der Waals surface area contributed by atoms with Gasteiger partial charge in [-0.25, -0.2) is 0 Å². The van der Waals surface area contributed by atoms with Gasteiger partial charge in [0.15, 0.2) is 0 Å². The van der Waals surface area contributed by atoms with E-state index in [0.29, 0.717) is 0 Å². The first-order valence-electron chi connectivity index (χ1n) is 7.96. The molecule has 0 saturated carbocycles. The fourth-order valence-corrected chi connectivity index (χ4v) is 4.12. The molecule has 2 atom stereocenters. The van der Waals surface area contributed by atoms with Crippen molar-refractivity contribution in [2.24, 2.45) is 11.8 Å². The average Bonchev–Trinajstić information content (AvgIpc) is 2.89. The van der Waals surface area contributed by atoms with E-state index in [0.717, 1.165) is 31.1 Å². The zero-order chi connectivity index (χ0) is 12.2. The Bertz CT molecular complexity index is 247. The molecule has 0 aliphatic carbocycles. The number of rotatable bonds is 3. The van der Waals surface area contributed by atoms with Gasteiger partial charge >= 0.3 is 0 Å². The summed E-state index contributed by atoms with van der Waals surface area (Å²) in [7, 11) is 0. The molecule has 3 aliphatic rings. The molecule has 0 aromatic rings. The number of likely N-dealkylation sites (tertiary alicyclic amines) is 1. The average molecular weight is 252 g/mol. The maximum Gasteiger partial charge on any atom is 0.0469 e. The molecule has 3 aliphatic heterocycles. The van der Waals surface area contributed by atoms with Crippen molar-refractivity contribution in [3.63, 3.8) is 0 Å². The highest BCUT2D eigenvalue weighted by molar-refractivity contribution is 4.88. The highest BCUT2D eigenvalue weighted by Crippen LogP contribution is 2.31. The molecule has 3 heteroatoms. The quantitative estimate of drug-likeness (QED) is 0.830. The lowest BCUT2D eigenvalue weighted by Crippen LogP contribution is -2.43. The van der Waals surface area contributed by atoms with Gasteiger partial charge in [-0.15, -0.1) is 0 Å². The van der Waals surface area contributed by atoms with Crippen LogP contribution in [-0.4, -0.2) is 50.3 Å². The summed E-state index contributed by atoms with van der Waals surface area (Å²) in [5.41, 5.74) is 0. The highest BCUT2D eigenvalue weighted by atomic mass is 16.5. The molecule has 104 valence electrons. The fourth-order valence-electron chi connectivity index (χ4n) is 4.12. The molecule has 0 bridgehead atoms. The topological polar surface area (TPSA) is 24.5 Å². The number of nitrogens with zero attached hydrogens (tertiary/aromatic N) is 1. The number of piperidine rings is 1. The lowest BCUT2D eigenvalue weighted by atomic mass is 9.89. The highest BCUT2D eigenvalue weighted by Gasteiger charge is 2.33. The van der Waals surface area contributed by atoms with Crippen LogP contribution in [0.5, 0.6) is 0 Å². The molecule has 0 radical (unpaired) electrons. The van der Waals surface area contributed by atoms with Gasteiger partial charge in [-0.1, -0.05) is 0 Å². The largest absolute Gasteiger partial charge is 0.381 e. The van der Waals surface area contributed by atoms with Crippen molar-refractivity contribution in [2.45, 2.75) is 44.6 Å². The Morgan fingerprint density at radius 1 is 1.06 bits per heavy atom. The van der Waals surface area contributed by atoms with Crippen LogP contribution in [0.15, 0.2) is 0 Å². The van der Waals surface area contributed by atoms with Crippen LogP contribution in [0, 0.1) is 11.8 Å². The van der Waals surface area contributed by atoms with Crippen molar-refractivity contribution in [3.8, 4) is 0 Å². The van der Waals surface area contributed by atoms with Crippen molar-refractivity contribution in [1.29, 1.82) is 0 Å². The molecule has 3 heterocycles. The molecule has 2 unspecified atom stereocenters. The van der Waals surface area contributed by atoms with Gasteiger partial charge in [-0.2, -0.15) is 0 Å². The molecule has 3 rings (SSSR count). The van der Waals surface area contributed by atoms with Crippen molar-refractivity contribution in [2.75, 3.05) is 39.4 Å². The van der Waals surface area contributed by atoms with Gasteiger partial charge in [0.1, 0.15) is 0 Å². The Balaban J connectivity index is 1.53. The SMILES string of the molecule is C1CNCC(CN2CCCC2C2CCOCC2)C1. The molecular weight excluding hydrogens is 224 g/mol. The maximum absolute atomic E-state index is 5.52. The molecule has 1 N–H and O–H groups in total. The van der Waals surface area contributed by atoms with E-state index in [4.69, 9.17) is 4.74 Å². The second kappa shape index (κ2) is 6.36. The molecule has 3 nitrogen and oxygen atoms in total. The van der Waals surface area contributed by atoms with E-state index >= 15 is 0 Å². The Hall–Kier alpha value is -0.120. The van der Waals surface area contributed by atoms with Gasteiger partial charge in [-0.3, -0.25) is 4.90 Å². The van der Waals surface area contributed by atoms with Gasteiger partial charge < -0.3 is 10.1 Å². The van der Waals surface area contributed by atoms with Crippen LogP contribution in [0.1, 0.15) is 38.5 Å². The van der Waals surface area contributed by atoms with Gasteiger partial charge in [0.05, 0.1) is 0 Å². The van der Waals surface area contributed by atoms with E-state index < -0.39 is 0 Å². The Labute approximate surface area is 111 Å². The summed E-state index contributed by atoms with van der Waals surface area (Å²) < 4.78 is 5.52. The molecule has 0 aromatic carbocycles. The number of hydrogen-bond acceptors (Lipinski definition) is 3. The minimum atomic E-state index is 0.871. The fraction of sp³-hybridized carbons (Fsp3) is 1.00. The van der Waals surface area contributed by atoms with Crippen LogP contribution in [0.25, 0.3) is 0 Å². The smallest absolute Gasteiger partial charge is 0.0469 e. The number of nitrogens with one attached hydrogen (secondary N) is 1. The zero-order valence-corrected chi connectivity index (χ0v) is 11.6. The molecule has 3 saturated heterocycles. The van der Waals surface area contributed by atoms with E-state index in [1.54, 1.807) is 0 Å². The van der Waals surface area contributed by atoms with E-state index in [-0.39, 0.29) is 0 Å². The third-order valence-corrected chi connectivity index (χ3v) is 5.12. The van der Waals surface area contributed by atoms with Gasteiger partial charge in [0.25, 0.3) is 0 Å². The standard InChI is InChI=1S/C15H28N2O/c1-3-13(11-16-7-1)12-17-8-2-4-15(17)14-5-9-18-10-6-14/h13-16H,1-12H2. The summed E-state index contributed by atoms with van der Waals surface area (Å²) in [5, 5.41) is 3.56. The van der Waals surface area contributed by atoms with Crippen molar-refractivity contribution >= 4 is 0 Å². The molecule has 18 heavy (non-hydrogen) atoms. The summed E-state index contributed by atoms with van der Waals surface area (Å²) >= 11 is 0. The van der Waals surface area contributed by atoms with Gasteiger partial charge in [0.2, 0.25) is 0 Å². The molecule has 0 amide bonds. The van der Waals surface area contributed by atoms with E-state index in [1.807, 2.05) is 0 Å². The first-order chi connectivity index (χ1) is 8.93. The first-order valence-corrected chi connectivity index (χ1v) is 7.96. The first kappa shape index (κ1) is 12.9. The predicted molar refractivity (Wildman–Crippen MR) is 73.7 cm³/mol. The van der Waals surface area contributed by atoms with Crippen LogP contribution in [-0.2, 0) is 4.74 Å². The molecule has 0 spiro atoms. The Kier molecular flexibility index (Phi) is 4.55. The minimum Gasteiger partial charge on any atom is -0.381 e. The van der Waals surface area contributed by atoms with E-state index in [2.05, 4.69) is 10.2 Å². The van der Waals surface area contributed by atoms with Gasteiger partial charge in [-0.05, 0) is 70.0 Å². The lowest BCUT2D eigenvalue weighted by molar-refractivity contribution is 0.0322. The Morgan fingerprint density at radius 3 is 2.72 bits per heavy atom. The third kappa shape index (κ3) is 3.06. The number of hydrogen-bond donors (Lipinski definition) is 1. The summed E-state index contributed by atoms with van der Waals surface area (Å²) in [6.45, 7) is 7.17. The monoisotopic (exact) mass is 252 g/mol. The normalized spacial score (nSPS) is 36.0. The maximum atomic E-state index is 5.52. The van der Waals surface area contributed by atoms with Crippen molar-refractivity contribution in [1.82, 2.24) is 10.2 Å². The lowest BCUT2D eigenvalue weighted by Gasteiger charge is -2.36. The summed E-state index contributed by atoms with van der Waals surface area (Å²) in [5.74, 6) is 1.82. The minimum absolute atomic E-state index is 0.871. The zero-order valence-electron chi connectivity index (χ0n) is 11.6. The van der Waals surface area contributed by atoms with Gasteiger partial charge in [0, 0.05) is 25.8 Å². The summed E-state index contributed by atoms with van der Waals surface area (Å²) in [6, 6.07) is 0.871. The molecule has 0 aromatic heterocycles. The van der Waals surface area contributed by atoms with Crippen LogP contribution < -0.4 is 5.32 Å². The van der Waals surface area contributed by atoms with Crippen LogP contribution in [0.4, 0.5) is 0 Å². The second-order valence-electron chi connectivity index (χ2n) is 6.37. The van der Waals surface area contributed by atoms with Crippen LogP contribution >= 0.6 is 0 Å². The Morgan fingerprint density at radius 2 is 1.94 bits per heavy atom.